The predicted octanol–water partition coefficient (Wildman–Crippen LogP) is 2.79. The zero-order valence-electron chi connectivity index (χ0n) is 9.58. The Morgan fingerprint density at radius 2 is 2.31 bits per heavy atom. The second-order valence-electron chi connectivity index (χ2n) is 5.09. The van der Waals surface area contributed by atoms with E-state index in [1.54, 1.807) is 0 Å². The minimum Gasteiger partial charge on any atom is -0.493 e. The Kier molecular flexibility index (Phi) is 2.51. The predicted molar refractivity (Wildman–Crippen MR) is 69.6 cm³/mol. The van der Waals surface area contributed by atoms with Gasteiger partial charge in [0, 0.05) is 35.2 Å². The van der Waals surface area contributed by atoms with Crippen molar-refractivity contribution >= 4 is 17.4 Å². The van der Waals surface area contributed by atoms with E-state index in [1.807, 2.05) is 11.8 Å². The number of anilines is 1. The quantitative estimate of drug-likeness (QED) is 0.870. The molecule has 1 aromatic rings. The fourth-order valence-corrected chi connectivity index (χ4v) is 3.22. The molecule has 1 saturated heterocycles. The van der Waals surface area contributed by atoms with E-state index in [-0.39, 0.29) is 0 Å². The van der Waals surface area contributed by atoms with Gasteiger partial charge in [0.05, 0.1) is 6.61 Å². The third-order valence-corrected chi connectivity index (χ3v) is 5.08. The number of nitrogens with one attached hydrogen (secondary N) is 1. The summed E-state index contributed by atoms with van der Waals surface area (Å²) >= 11 is 2.01. The average Bonchev–Trinajstić information content (AvgIpc) is 2.70. The highest BCUT2D eigenvalue weighted by Crippen LogP contribution is 2.38. The highest BCUT2D eigenvalue weighted by atomic mass is 32.2. The molecule has 3 heteroatoms. The first-order valence-electron chi connectivity index (χ1n) is 5.83. The number of benzene rings is 1. The van der Waals surface area contributed by atoms with E-state index in [4.69, 9.17) is 4.74 Å². The molecule has 1 N–H and O–H groups in total. The molecule has 0 spiro atoms. The third kappa shape index (κ3) is 1.88. The molecule has 0 saturated carbocycles. The Hall–Kier alpha value is -0.830. The molecule has 0 atom stereocenters. The van der Waals surface area contributed by atoms with Gasteiger partial charge in [0.1, 0.15) is 5.75 Å². The molecule has 0 unspecified atom stereocenters. The highest BCUT2D eigenvalue weighted by molar-refractivity contribution is 8.00. The van der Waals surface area contributed by atoms with Gasteiger partial charge < -0.3 is 10.1 Å². The van der Waals surface area contributed by atoms with Gasteiger partial charge in [-0.25, -0.2) is 0 Å². The summed E-state index contributed by atoms with van der Waals surface area (Å²) in [5.41, 5.74) is 3.07. The largest absolute Gasteiger partial charge is 0.493 e. The van der Waals surface area contributed by atoms with Gasteiger partial charge in [0.25, 0.3) is 0 Å². The average molecular weight is 235 g/mol. The molecule has 2 aliphatic heterocycles. The van der Waals surface area contributed by atoms with E-state index in [2.05, 4.69) is 30.4 Å². The number of hydrogen-bond donors (Lipinski definition) is 1. The maximum atomic E-state index is 5.88. The fraction of sp³-hybridized carbons (Fsp3) is 0.538. The topological polar surface area (TPSA) is 21.3 Å². The fourth-order valence-electron chi connectivity index (χ4n) is 2.15. The highest BCUT2D eigenvalue weighted by Gasteiger charge is 2.33. The van der Waals surface area contributed by atoms with Gasteiger partial charge in [0.2, 0.25) is 0 Å². The molecule has 0 radical (unpaired) electrons. The first-order chi connectivity index (χ1) is 7.75. The van der Waals surface area contributed by atoms with Gasteiger partial charge in [0.15, 0.2) is 0 Å². The van der Waals surface area contributed by atoms with Crippen molar-refractivity contribution in [3.63, 3.8) is 0 Å². The second-order valence-corrected chi connectivity index (χ2v) is 6.07. The summed E-state index contributed by atoms with van der Waals surface area (Å²) in [6, 6.07) is 6.42. The van der Waals surface area contributed by atoms with Crippen molar-refractivity contribution in [3.05, 3.63) is 23.8 Å². The second kappa shape index (κ2) is 3.88. The van der Waals surface area contributed by atoms with Crippen LogP contribution >= 0.6 is 11.8 Å². The molecular formula is C13H17NOS. The monoisotopic (exact) mass is 235 g/mol. The molecule has 2 nitrogen and oxygen atoms in total. The Balaban J connectivity index is 1.66. The first-order valence-corrected chi connectivity index (χ1v) is 6.98. The molecule has 2 heterocycles. The summed E-state index contributed by atoms with van der Waals surface area (Å²) < 4.78 is 5.88. The zero-order chi connectivity index (χ0) is 11.0. The minimum atomic E-state index is 0.400. The van der Waals surface area contributed by atoms with Gasteiger partial charge in [-0.3, -0.25) is 0 Å². The van der Waals surface area contributed by atoms with Crippen molar-refractivity contribution in [1.82, 2.24) is 0 Å². The van der Waals surface area contributed by atoms with Crippen molar-refractivity contribution in [1.29, 1.82) is 0 Å². The van der Waals surface area contributed by atoms with Crippen LogP contribution in [0.25, 0.3) is 0 Å². The Morgan fingerprint density at radius 3 is 3.06 bits per heavy atom. The van der Waals surface area contributed by atoms with Crippen molar-refractivity contribution in [2.75, 3.05) is 30.0 Å². The molecule has 0 bridgehead atoms. The van der Waals surface area contributed by atoms with Crippen molar-refractivity contribution in [3.8, 4) is 5.75 Å². The van der Waals surface area contributed by atoms with Crippen molar-refractivity contribution < 1.29 is 4.74 Å². The van der Waals surface area contributed by atoms with Gasteiger partial charge in [-0.05, 0) is 18.1 Å². The lowest BCUT2D eigenvalue weighted by atomic mass is 9.96. The van der Waals surface area contributed by atoms with Crippen LogP contribution in [0.3, 0.4) is 0 Å². The number of hydrogen-bond acceptors (Lipinski definition) is 3. The number of rotatable bonds is 3. The van der Waals surface area contributed by atoms with Crippen LogP contribution in [-0.2, 0) is 6.42 Å². The van der Waals surface area contributed by atoms with E-state index in [9.17, 15) is 0 Å². The summed E-state index contributed by atoms with van der Waals surface area (Å²) in [5.74, 6) is 3.47. The summed E-state index contributed by atoms with van der Waals surface area (Å²) in [6.45, 7) is 4.21. The Bertz CT molecular complexity index is 401. The molecule has 86 valence electrons. The summed E-state index contributed by atoms with van der Waals surface area (Å²) in [6.07, 6.45) is 1.14. The normalized spacial score (nSPS) is 20.8. The molecule has 0 amide bonds. The van der Waals surface area contributed by atoms with E-state index >= 15 is 0 Å². The first kappa shape index (κ1) is 10.3. The maximum absolute atomic E-state index is 5.88. The van der Waals surface area contributed by atoms with Gasteiger partial charge in [-0.1, -0.05) is 13.0 Å². The van der Waals surface area contributed by atoms with E-state index in [1.165, 1.54) is 22.8 Å². The maximum Gasteiger partial charge on any atom is 0.121 e. The van der Waals surface area contributed by atoms with Crippen molar-refractivity contribution in [2.24, 2.45) is 5.41 Å². The summed E-state index contributed by atoms with van der Waals surface area (Å²) in [5, 5.41) is 3.38. The molecule has 1 fully saturated rings. The molecule has 1 aromatic carbocycles. The van der Waals surface area contributed by atoms with Gasteiger partial charge >= 0.3 is 0 Å². The molecular weight excluding hydrogens is 218 g/mol. The lowest BCUT2D eigenvalue weighted by Crippen LogP contribution is -2.38. The number of ether oxygens (including phenoxy) is 1. The van der Waals surface area contributed by atoms with Crippen LogP contribution in [0.2, 0.25) is 0 Å². The standard InChI is InChI=1S/C13H17NOS/c1-13(8-16-9-13)7-15-11-3-2-10-4-5-14-12(10)6-11/h2-3,6,14H,4-5,7-9H2,1H3. The summed E-state index contributed by atoms with van der Waals surface area (Å²) in [4.78, 5) is 0. The molecule has 2 aliphatic rings. The lowest BCUT2D eigenvalue weighted by molar-refractivity contribution is 0.196. The number of thioether (sulfide) groups is 1. The van der Waals surface area contributed by atoms with Gasteiger partial charge in [-0.2, -0.15) is 11.8 Å². The SMILES string of the molecule is CC1(COc2ccc3c(c2)NCC3)CSC1. The van der Waals surface area contributed by atoms with E-state index in [0.29, 0.717) is 5.41 Å². The molecule has 3 rings (SSSR count). The van der Waals surface area contributed by atoms with E-state index in [0.717, 1.165) is 25.3 Å². The number of fused-ring (bicyclic) bond motifs is 1. The molecule has 0 aromatic heterocycles. The van der Waals surface area contributed by atoms with Crippen LogP contribution in [0.4, 0.5) is 5.69 Å². The zero-order valence-corrected chi connectivity index (χ0v) is 10.4. The van der Waals surface area contributed by atoms with Crippen LogP contribution in [0.5, 0.6) is 5.75 Å². The summed E-state index contributed by atoms with van der Waals surface area (Å²) in [7, 11) is 0. The molecule has 0 aliphatic carbocycles. The molecule has 16 heavy (non-hydrogen) atoms. The van der Waals surface area contributed by atoms with E-state index < -0.39 is 0 Å². The Labute approximate surface area is 101 Å². The van der Waals surface area contributed by atoms with Crippen LogP contribution < -0.4 is 10.1 Å². The van der Waals surface area contributed by atoms with Crippen LogP contribution in [0.1, 0.15) is 12.5 Å². The Morgan fingerprint density at radius 1 is 1.44 bits per heavy atom. The van der Waals surface area contributed by atoms with Crippen molar-refractivity contribution in [2.45, 2.75) is 13.3 Å². The lowest BCUT2D eigenvalue weighted by Gasteiger charge is -2.37. The third-order valence-electron chi connectivity index (χ3n) is 3.28. The van der Waals surface area contributed by atoms with Crippen LogP contribution in [0.15, 0.2) is 18.2 Å². The van der Waals surface area contributed by atoms with Gasteiger partial charge in [-0.15, -0.1) is 0 Å². The smallest absolute Gasteiger partial charge is 0.121 e. The van der Waals surface area contributed by atoms with Crippen LogP contribution in [-0.4, -0.2) is 24.7 Å². The van der Waals surface area contributed by atoms with Crippen LogP contribution in [0, 0.1) is 5.41 Å². The minimum absolute atomic E-state index is 0.400.